The molecule has 0 saturated carbocycles. The second-order valence-corrected chi connectivity index (χ2v) is 3.71. The standard InChI is InChI=1S/C10H10N2S/c1-12-8-7-10(11-13-12)9-5-3-2-4-6-9/h2-8H,1H3. The van der Waals surface area contributed by atoms with Gasteiger partial charge in [-0.2, -0.15) is 4.40 Å². The first-order valence-corrected chi connectivity index (χ1v) is 4.81. The number of allylic oxidation sites excluding steroid dienone is 1. The van der Waals surface area contributed by atoms with Gasteiger partial charge in [0.1, 0.15) is 0 Å². The van der Waals surface area contributed by atoms with E-state index >= 15 is 0 Å². The molecule has 0 radical (unpaired) electrons. The molecule has 0 bridgehead atoms. The third-order valence-electron chi connectivity index (χ3n) is 1.78. The summed E-state index contributed by atoms with van der Waals surface area (Å²) in [6.07, 6.45) is 4.03. The Kier molecular flexibility index (Phi) is 2.36. The van der Waals surface area contributed by atoms with Gasteiger partial charge in [-0.15, -0.1) is 0 Å². The van der Waals surface area contributed by atoms with Gasteiger partial charge in [0, 0.05) is 18.8 Å². The van der Waals surface area contributed by atoms with Crippen molar-refractivity contribution in [2.24, 2.45) is 4.40 Å². The Labute approximate surface area is 82.2 Å². The molecule has 13 heavy (non-hydrogen) atoms. The Morgan fingerprint density at radius 3 is 2.62 bits per heavy atom. The summed E-state index contributed by atoms with van der Waals surface area (Å²) in [6, 6.07) is 10.2. The lowest BCUT2D eigenvalue weighted by atomic mass is 10.1. The maximum Gasteiger partial charge on any atom is 0.0927 e. The summed E-state index contributed by atoms with van der Waals surface area (Å²) in [5, 5.41) is 0. The summed E-state index contributed by atoms with van der Waals surface area (Å²) in [7, 11) is 1.98. The molecule has 1 aromatic rings. The molecule has 0 fully saturated rings. The fraction of sp³-hybridized carbons (Fsp3) is 0.100. The van der Waals surface area contributed by atoms with Gasteiger partial charge < -0.3 is 4.31 Å². The number of hydrogen-bond acceptors (Lipinski definition) is 3. The summed E-state index contributed by atoms with van der Waals surface area (Å²) in [4.78, 5) is 0. The molecular weight excluding hydrogens is 180 g/mol. The van der Waals surface area contributed by atoms with Crippen molar-refractivity contribution in [3.8, 4) is 0 Å². The third kappa shape index (κ3) is 1.92. The largest absolute Gasteiger partial charge is 0.307 e. The molecular formula is C10H10N2S. The Hall–Kier alpha value is -1.22. The van der Waals surface area contributed by atoms with Gasteiger partial charge in [-0.25, -0.2) is 0 Å². The predicted octanol–water partition coefficient (Wildman–Crippen LogP) is 2.50. The lowest BCUT2D eigenvalue weighted by Gasteiger charge is -2.13. The third-order valence-corrected chi connectivity index (χ3v) is 2.44. The van der Waals surface area contributed by atoms with Crippen LogP contribution in [0, 0.1) is 0 Å². The van der Waals surface area contributed by atoms with Crippen molar-refractivity contribution < 1.29 is 0 Å². The Morgan fingerprint density at radius 1 is 1.23 bits per heavy atom. The minimum absolute atomic E-state index is 1.03. The minimum Gasteiger partial charge on any atom is -0.307 e. The van der Waals surface area contributed by atoms with Crippen molar-refractivity contribution in [3.63, 3.8) is 0 Å². The molecule has 3 heteroatoms. The fourth-order valence-corrected chi connectivity index (χ4v) is 1.60. The average molecular weight is 190 g/mol. The zero-order chi connectivity index (χ0) is 9.10. The van der Waals surface area contributed by atoms with Crippen LogP contribution in [0.5, 0.6) is 0 Å². The molecule has 0 aromatic heterocycles. The normalized spacial score (nSPS) is 15.8. The van der Waals surface area contributed by atoms with Gasteiger partial charge in [0.2, 0.25) is 0 Å². The first-order valence-electron chi connectivity index (χ1n) is 4.08. The highest BCUT2D eigenvalue weighted by atomic mass is 32.2. The summed E-state index contributed by atoms with van der Waals surface area (Å²) >= 11 is 1.46. The Balaban J connectivity index is 2.25. The van der Waals surface area contributed by atoms with Crippen molar-refractivity contribution in [1.82, 2.24) is 4.31 Å². The molecule has 66 valence electrons. The molecule has 1 aliphatic heterocycles. The highest BCUT2D eigenvalue weighted by molar-refractivity contribution is 7.96. The van der Waals surface area contributed by atoms with Crippen LogP contribution >= 0.6 is 12.1 Å². The molecule has 0 spiro atoms. The quantitative estimate of drug-likeness (QED) is 0.632. The van der Waals surface area contributed by atoms with Crippen LogP contribution in [-0.4, -0.2) is 17.1 Å². The second kappa shape index (κ2) is 3.66. The van der Waals surface area contributed by atoms with E-state index < -0.39 is 0 Å². The van der Waals surface area contributed by atoms with E-state index in [1.54, 1.807) is 0 Å². The highest BCUT2D eigenvalue weighted by Gasteiger charge is 2.04. The summed E-state index contributed by atoms with van der Waals surface area (Å²) < 4.78 is 6.32. The summed E-state index contributed by atoms with van der Waals surface area (Å²) in [5.41, 5.74) is 2.20. The van der Waals surface area contributed by atoms with Crippen LogP contribution in [-0.2, 0) is 0 Å². The summed E-state index contributed by atoms with van der Waals surface area (Å²) in [6.45, 7) is 0. The maximum atomic E-state index is 4.35. The molecule has 1 heterocycles. The smallest absolute Gasteiger partial charge is 0.0927 e. The van der Waals surface area contributed by atoms with E-state index in [0.717, 1.165) is 5.71 Å². The molecule has 0 aliphatic carbocycles. The van der Waals surface area contributed by atoms with E-state index in [2.05, 4.69) is 16.5 Å². The van der Waals surface area contributed by atoms with E-state index in [1.807, 2.05) is 41.8 Å². The topological polar surface area (TPSA) is 15.6 Å². The molecule has 2 nitrogen and oxygen atoms in total. The van der Waals surface area contributed by atoms with Crippen LogP contribution in [0.2, 0.25) is 0 Å². The number of nitrogens with zero attached hydrogens (tertiary/aromatic N) is 2. The lowest BCUT2D eigenvalue weighted by molar-refractivity contribution is 0.773. The van der Waals surface area contributed by atoms with E-state index in [9.17, 15) is 0 Å². The Bertz CT molecular complexity index is 343. The highest BCUT2D eigenvalue weighted by Crippen LogP contribution is 2.17. The van der Waals surface area contributed by atoms with Crippen LogP contribution in [0.4, 0.5) is 0 Å². The molecule has 0 unspecified atom stereocenters. The molecule has 2 rings (SSSR count). The maximum absolute atomic E-state index is 4.35. The van der Waals surface area contributed by atoms with Crippen LogP contribution in [0.15, 0.2) is 47.0 Å². The zero-order valence-electron chi connectivity index (χ0n) is 7.34. The van der Waals surface area contributed by atoms with Crippen molar-refractivity contribution in [1.29, 1.82) is 0 Å². The molecule has 0 atom stereocenters. The van der Waals surface area contributed by atoms with Gasteiger partial charge in [0.25, 0.3) is 0 Å². The zero-order valence-corrected chi connectivity index (χ0v) is 8.16. The fourth-order valence-electron chi connectivity index (χ4n) is 1.10. The SMILES string of the molecule is CN1C=CC(c2ccccc2)=NS1. The van der Waals surface area contributed by atoms with Gasteiger partial charge in [0.05, 0.1) is 17.8 Å². The first kappa shape index (κ1) is 8.38. The molecule has 0 amide bonds. The van der Waals surface area contributed by atoms with E-state index in [1.165, 1.54) is 17.7 Å². The minimum atomic E-state index is 1.03. The van der Waals surface area contributed by atoms with E-state index in [-0.39, 0.29) is 0 Å². The predicted molar refractivity (Wildman–Crippen MR) is 57.5 cm³/mol. The number of hydrogen-bond donors (Lipinski definition) is 0. The molecule has 1 aromatic carbocycles. The van der Waals surface area contributed by atoms with Crippen molar-refractivity contribution in [2.75, 3.05) is 7.05 Å². The lowest BCUT2D eigenvalue weighted by Crippen LogP contribution is -2.06. The second-order valence-electron chi connectivity index (χ2n) is 2.79. The monoisotopic (exact) mass is 190 g/mol. The molecule has 1 aliphatic rings. The van der Waals surface area contributed by atoms with Gasteiger partial charge >= 0.3 is 0 Å². The van der Waals surface area contributed by atoms with Gasteiger partial charge in [-0.1, -0.05) is 30.3 Å². The molecule has 0 saturated heterocycles. The summed E-state index contributed by atoms with van der Waals surface area (Å²) in [5.74, 6) is 0. The number of benzene rings is 1. The van der Waals surface area contributed by atoms with Crippen molar-refractivity contribution in [3.05, 3.63) is 48.2 Å². The molecule has 0 N–H and O–H groups in total. The van der Waals surface area contributed by atoms with Crippen molar-refractivity contribution >= 4 is 17.8 Å². The van der Waals surface area contributed by atoms with E-state index in [4.69, 9.17) is 0 Å². The Morgan fingerprint density at radius 2 is 2.00 bits per heavy atom. The van der Waals surface area contributed by atoms with Gasteiger partial charge in [-0.3, -0.25) is 0 Å². The van der Waals surface area contributed by atoms with E-state index in [0.29, 0.717) is 0 Å². The van der Waals surface area contributed by atoms with Gasteiger partial charge in [0.15, 0.2) is 0 Å². The van der Waals surface area contributed by atoms with Crippen molar-refractivity contribution in [2.45, 2.75) is 0 Å². The van der Waals surface area contributed by atoms with Crippen LogP contribution in [0.3, 0.4) is 0 Å². The first-order chi connectivity index (χ1) is 6.36. The van der Waals surface area contributed by atoms with Crippen LogP contribution in [0.25, 0.3) is 0 Å². The van der Waals surface area contributed by atoms with Gasteiger partial charge in [-0.05, 0) is 6.08 Å². The van der Waals surface area contributed by atoms with Crippen LogP contribution in [0.1, 0.15) is 5.56 Å². The number of rotatable bonds is 1. The van der Waals surface area contributed by atoms with Crippen LogP contribution < -0.4 is 0 Å². The average Bonchev–Trinajstić information content (AvgIpc) is 2.20.